The van der Waals surface area contributed by atoms with Crippen LogP contribution in [0.25, 0.3) is 11.3 Å². The molecule has 0 fully saturated rings. The number of nitrogens with one attached hydrogen (secondary N) is 2. The molecule has 2 amide bonds. The SMILES string of the molecule is O=C(NCc1ccc(C(=O)O)cc1)Nc1cc(-c2ccccc2)on1. The van der Waals surface area contributed by atoms with Gasteiger partial charge in [-0.15, -0.1) is 0 Å². The molecule has 2 aromatic carbocycles. The molecule has 0 spiro atoms. The maximum Gasteiger partial charge on any atom is 0.335 e. The fourth-order valence-corrected chi connectivity index (χ4v) is 2.18. The van der Waals surface area contributed by atoms with Crippen LogP contribution in [0, 0.1) is 0 Å². The van der Waals surface area contributed by atoms with E-state index in [1.54, 1.807) is 18.2 Å². The molecular formula is C18H15N3O4. The Balaban J connectivity index is 1.54. The van der Waals surface area contributed by atoms with Crippen molar-refractivity contribution in [2.75, 3.05) is 5.32 Å². The highest BCUT2D eigenvalue weighted by Crippen LogP contribution is 2.21. The Morgan fingerprint density at radius 2 is 1.76 bits per heavy atom. The van der Waals surface area contributed by atoms with Crippen LogP contribution >= 0.6 is 0 Å². The molecule has 126 valence electrons. The molecule has 0 unspecified atom stereocenters. The molecule has 0 aliphatic heterocycles. The van der Waals surface area contributed by atoms with E-state index in [0.29, 0.717) is 11.6 Å². The molecule has 3 N–H and O–H groups in total. The number of hydrogen-bond acceptors (Lipinski definition) is 4. The van der Waals surface area contributed by atoms with Crippen LogP contribution < -0.4 is 10.6 Å². The molecule has 0 saturated carbocycles. The number of hydrogen-bond donors (Lipinski definition) is 3. The molecule has 25 heavy (non-hydrogen) atoms. The predicted molar refractivity (Wildman–Crippen MR) is 91.2 cm³/mol. The molecule has 0 bridgehead atoms. The van der Waals surface area contributed by atoms with Gasteiger partial charge >= 0.3 is 12.0 Å². The van der Waals surface area contributed by atoms with Gasteiger partial charge in [0.05, 0.1) is 5.56 Å². The summed E-state index contributed by atoms with van der Waals surface area (Å²) in [5.74, 6) is -0.129. The molecule has 0 aliphatic rings. The third-order valence-corrected chi connectivity index (χ3v) is 3.46. The summed E-state index contributed by atoms with van der Waals surface area (Å²) in [4.78, 5) is 22.7. The van der Waals surface area contributed by atoms with Gasteiger partial charge in [0.25, 0.3) is 0 Å². The fourth-order valence-electron chi connectivity index (χ4n) is 2.18. The van der Waals surface area contributed by atoms with Crippen molar-refractivity contribution in [3.05, 3.63) is 71.8 Å². The second-order valence-electron chi connectivity index (χ2n) is 5.25. The maximum atomic E-state index is 11.9. The number of carbonyl (C=O) groups is 2. The van der Waals surface area contributed by atoms with Gasteiger partial charge in [-0.25, -0.2) is 9.59 Å². The van der Waals surface area contributed by atoms with Crippen LogP contribution in [0.2, 0.25) is 0 Å². The lowest BCUT2D eigenvalue weighted by Crippen LogP contribution is -2.28. The summed E-state index contributed by atoms with van der Waals surface area (Å²) in [5.41, 5.74) is 1.84. The first-order chi connectivity index (χ1) is 12.1. The summed E-state index contributed by atoms with van der Waals surface area (Å²) in [6.07, 6.45) is 0. The van der Waals surface area contributed by atoms with Crippen molar-refractivity contribution in [2.24, 2.45) is 0 Å². The van der Waals surface area contributed by atoms with E-state index in [1.165, 1.54) is 12.1 Å². The van der Waals surface area contributed by atoms with Crippen molar-refractivity contribution in [1.82, 2.24) is 10.5 Å². The first-order valence-electron chi connectivity index (χ1n) is 7.51. The number of benzene rings is 2. The minimum absolute atomic E-state index is 0.198. The van der Waals surface area contributed by atoms with Gasteiger partial charge in [-0.2, -0.15) is 0 Å². The Bertz CT molecular complexity index is 873. The third-order valence-electron chi connectivity index (χ3n) is 3.46. The smallest absolute Gasteiger partial charge is 0.335 e. The molecule has 3 aromatic rings. The first-order valence-corrected chi connectivity index (χ1v) is 7.51. The number of amides is 2. The van der Waals surface area contributed by atoms with Crippen molar-refractivity contribution >= 4 is 17.8 Å². The molecular weight excluding hydrogens is 322 g/mol. The van der Waals surface area contributed by atoms with Crippen molar-refractivity contribution in [3.63, 3.8) is 0 Å². The number of carboxylic acid groups (broad SMARTS) is 1. The average molecular weight is 337 g/mol. The molecule has 1 heterocycles. The number of anilines is 1. The van der Waals surface area contributed by atoms with Crippen LogP contribution in [0.4, 0.5) is 10.6 Å². The van der Waals surface area contributed by atoms with E-state index in [2.05, 4.69) is 15.8 Å². The van der Waals surface area contributed by atoms with E-state index in [0.717, 1.165) is 11.1 Å². The maximum absolute atomic E-state index is 11.9. The molecule has 0 atom stereocenters. The van der Waals surface area contributed by atoms with Gasteiger partial charge in [0.2, 0.25) is 0 Å². The lowest BCUT2D eigenvalue weighted by atomic mass is 10.1. The molecule has 0 saturated heterocycles. The molecule has 7 heteroatoms. The fraction of sp³-hybridized carbons (Fsp3) is 0.0556. The van der Waals surface area contributed by atoms with Crippen LogP contribution in [-0.4, -0.2) is 22.3 Å². The van der Waals surface area contributed by atoms with Crippen LogP contribution in [0.3, 0.4) is 0 Å². The third kappa shape index (κ3) is 4.23. The number of nitrogens with zero attached hydrogens (tertiary/aromatic N) is 1. The Kier molecular flexibility index (Phi) is 4.75. The topological polar surface area (TPSA) is 104 Å². The summed E-state index contributed by atoms with van der Waals surface area (Å²) in [6.45, 7) is 0.259. The van der Waals surface area contributed by atoms with Gasteiger partial charge in [0, 0.05) is 18.2 Å². The van der Waals surface area contributed by atoms with Gasteiger partial charge in [-0.3, -0.25) is 5.32 Å². The predicted octanol–water partition coefficient (Wildman–Crippen LogP) is 3.36. The highest BCUT2D eigenvalue weighted by Gasteiger charge is 2.09. The highest BCUT2D eigenvalue weighted by molar-refractivity contribution is 5.89. The number of urea groups is 1. The van der Waals surface area contributed by atoms with Crippen molar-refractivity contribution in [2.45, 2.75) is 6.54 Å². The van der Waals surface area contributed by atoms with Crippen LogP contribution in [0.5, 0.6) is 0 Å². The first kappa shape index (κ1) is 16.3. The Labute approximate surface area is 143 Å². The number of carboxylic acids is 1. The standard InChI is InChI=1S/C18H15N3O4/c22-17(23)14-8-6-12(7-9-14)11-19-18(24)20-16-10-15(25-21-16)13-4-2-1-3-5-13/h1-10H,11H2,(H,22,23)(H2,19,20,21,24). The summed E-state index contributed by atoms with van der Waals surface area (Å²) < 4.78 is 5.20. The van der Waals surface area contributed by atoms with Crippen molar-refractivity contribution in [1.29, 1.82) is 0 Å². The Morgan fingerprint density at radius 3 is 2.44 bits per heavy atom. The average Bonchev–Trinajstić information content (AvgIpc) is 3.09. The molecule has 1 aromatic heterocycles. The van der Waals surface area contributed by atoms with Gasteiger partial charge in [0.15, 0.2) is 11.6 Å². The zero-order chi connectivity index (χ0) is 17.6. The molecule has 0 radical (unpaired) electrons. The van der Waals surface area contributed by atoms with E-state index >= 15 is 0 Å². The minimum atomic E-state index is -0.988. The summed E-state index contributed by atoms with van der Waals surface area (Å²) in [5, 5.41) is 17.9. The summed E-state index contributed by atoms with van der Waals surface area (Å²) in [6, 6.07) is 16.9. The van der Waals surface area contributed by atoms with Crippen LogP contribution in [0.1, 0.15) is 15.9 Å². The lowest BCUT2D eigenvalue weighted by Gasteiger charge is -2.05. The van der Waals surface area contributed by atoms with Crippen LogP contribution in [0.15, 0.2) is 65.2 Å². The van der Waals surface area contributed by atoms with E-state index in [4.69, 9.17) is 9.63 Å². The summed E-state index contributed by atoms with van der Waals surface area (Å²) >= 11 is 0. The van der Waals surface area contributed by atoms with Gasteiger partial charge in [-0.05, 0) is 17.7 Å². The van der Waals surface area contributed by atoms with E-state index in [-0.39, 0.29) is 12.1 Å². The van der Waals surface area contributed by atoms with E-state index < -0.39 is 12.0 Å². The normalized spacial score (nSPS) is 10.2. The largest absolute Gasteiger partial charge is 0.478 e. The Hall–Kier alpha value is -3.61. The van der Waals surface area contributed by atoms with Crippen molar-refractivity contribution in [3.8, 4) is 11.3 Å². The summed E-state index contributed by atoms with van der Waals surface area (Å²) in [7, 11) is 0. The lowest BCUT2D eigenvalue weighted by molar-refractivity contribution is 0.0697. The zero-order valence-electron chi connectivity index (χ0n) is 13.1. The number of aromatic nitrogens is 1. The van der Waals surface area contributed by atoms with E-state index in [9.17, 15) is 9.59 Å². The number of rotatable bonds is 5. The monoisotopic (exact) mass is 337 g/mol. The second kappa shape index (κ2) is 7.31. The van der Waals surface area contributed by atoms with E-state index in [1.807, 2.05) is 30.3 Å². The Morgan fingerprint density at radius 1 is 1.04 bits per heavy atom. The molecule has 0 aliphatic carbocycles. The highest BCUT2D eigenvalue weighted by atomic mass is 16.5. The van der Waals surface area contributed by atoms with Gasteiger partial charge in [0.1, 0.15) is 0 Å². The second-order valence-corrected chi connectivity index (χ2v) is 5.25. The zero-order valence-corrected chi connectivity index (χ0v) is 13.1. The van der Waals surface area contributed by atoms with Gasteiger partial charge in [-0.1, -0.05) is 47.6 Å². The van der Waals surface area contributed by atoms with Gasteiger partial charge < -0.3 is 14.9 Å². The minimum Gasteiger partial charge on any atom is -0.478 e. The molecule has 7 nitrogen and oxygen atoms in total. The molecule has 3 rings (SSSR count). The number of carbonyl (C=O) groups excluding carboxylic acids is 1. The number of aromatic carboxylic acids is 1. The van der Waals surface area contributed by atoms with Crippen molar-refractivity contribution < 1.29 is 19.2 Å². The van der Waals surface area contributed by atoms with Crippen LogP contribution in [-0.2, 0) is 6.54 Å². The quantitative estimate of drug-likeness (QED) is 0.662.